The van der Waals surface area contributed by atoms with Crippen molar-refractivity contribution in [1.82, 2.24) is 0 Å². The highest BCUT2D eigenvalue weighted by molar-refractivity contribution is 14.1. The molecule has 0 saturated heterocycles. The fourth-order valence-corrected chi connectivity index (χ4v) is 1.62. The quantitative estimate of drug-likeness (QED) is 0.431. The molecule has 0 radical (unpaired) electrons. The highest BCUT2D eigenvalue weighted by atomic mass is 127. The summed E-state index contributed by atoms with van der Waals surface area (Å²) < 4.78 is 109. The fraction of sp³-hybridized carbons (Fsp3) is 1.00. The first-order valence-corrected chi connectivity index (χ1v) is 5.40. The maximum Gasteiger partial charge on any atom is 0.457 e. The highest BCUT2D eigenvalue weighted by Gasteiger charge is 2.80. The lowest BCUT2D eigenvalue weighted by atomic mass is 9.91. The molecule has 2 atom stereocenters. The minimum absolute atomic E-state index is 0.948. The molecule has 1 nitrogen and oxygen atoms in total. The molecule has 0 amide bonds. The second kappa shape index (κ2) is 5.21. The Morgan fingerprint density at radius 2 is 1.22 bits per heavy atom. The van der Waals surface area contributed by atoms with Gasteiger partial charge in [0, 0.05) is 10.3 Å². The Bertz CT molecular complexity index is 286. The third-order valence-corrected chi connectivity index (χ3v) is 2.84. The zero-order chi connectivity index (χ0) is 15.0. The lowest BCUT2D eigenvalue weighted by Gasteiger charge is -2.36. The van der Waals surface area contributed by atoms with Gasteiger partial charge in [-0.1, -0.05) is 22.6 Å². The van der Waals surface area contributed by atoms with E-state index in [0.29, 0.717) is 0 Å². The summed E-state index contributed by atoms with van der Waals surface area (Å²) in [6.07, 6.45) is -15.3. The van der Waals surface area contributed by atoms with Crippen molar-refractivity contribution in [3.8, 4) is 0 Å². The summed E-state index contributed by atoms with van der Waals surface area (Å²) in [6.45, 7) is -1.17. The zero-order valence-corrected chi connectivity index (χ0v) is 10.4. The van der Waals surface area contributed by atoms with E-state index >= 15 is 0 Å². The molecule has 0 heterocycles. The molecular weight excluding hydrogens is 398 g/mol. The topological polar surface area (TPSA) is 20.2 Å². The molecule has 11 heteroatoms. The third-order valence-electron chi connectivity index (χ3n) is 2.00. The van der Waals surface area contributed by atoms with E-state index in [1.165, 1.54) is 0 Å². The first-order valence-electron chi connectivity index (χ1n) is 4.16. The summed E-state index contributed by atoms with van der Waals surface area (Å²) in [6, 6.07) is 0. The summed E-state index contributed by atoms with van der Waals surface area (Å²) in [5.74, 6) is -6.60. The van der Waals surface area contributed by atoms with Gasteiger partial charge in [0.15, 0.2) is 0 Å². The largest absolute Gasteiger partial charge is 0.457 e. The van der Waals surface area contributed by atoms with Crippen LogP contribution in [0.4, 0.5) is 39.5 Å². The van der Waals surface area contributed by atoms with Crippen LogP contribution in [0.3, 0.4) is 0 Å². The Morgan fingerprint density at radius 3 is 1.44 bits per heavy atom. The van der Waals surface area contributed by atoms with E-state index in [1.807, 2.05) is 0 Å². The molecule has 18 heavy (non-hydrogen) atoms. The summed E-state index contributed by atoms with van der Waals surface area (Å²) in [5, 5.41) is 8.36. The molecule has 0 bridgehead atoms. The van der Waals surface area contributed by atoms with Gasteiger partial charge in [-0.25, -0.2) is 4.39 Å². The van der Waals surface area contributed by atoms with Crippen LogP contribution in [0.2, 0.25) is 0 Å². The molecule has 0 unspecified atom stereocenters. The molecule has 0 aliphatic rings. The Balaban J connectivity index is 5.64. The van der Waals surface area contributed by atoms with Gasteiger partial charge < -0.3 is 5.11 Å². The van der Waals surface area contributed by atoms with Crippen LogP contribution in [0, 0.1) is 0 Å². The van der Waals surface area contributed by atoms with Gasteiger partial charge in [0.05, 0.1) is 6.61 Å². The van der Waals surface area contributed by atoms with Crippen LogP contribution in [-0.4, -0.2) is 39.6 Å². The van der Waals surface area contributed by atoms with E-state index in [2.05, 4.69) is 0 Å². The highest BCUT2D eigenvalue weighted by Crippen LogP contribution is 2.55. The van der Waals surface area contributed by atoms with Crippen molar-refractivity contribution in [3.63, 3.8) is 0 Å². The summed E-state index contributed by atoms with van der Waals surface area (Å²) in [4.78, 5) is 0. The predicted molar refractivity (Wildman–Crippen MR) is 50.4 cm³/mol. The first kappa shape index (κ1) is 18.1. The number of alkyl halides is 10. The number of aliphatic hydroxyl groups excluding tert-OH is 1. The number of aliphatic hydroxyl groups is 1. The molecule has 0 aromatic rings. The molecule has 0 aliphatic carbocycles. The van der Waals surface area contributed by atoms with Crippen molar-refractivity contribution in [2.75, 3.05) is 6.61 Å². The monoisotopic (exact) mass is 404 g/mol. The number of rotatable bonds is 4. The first-order chi connectivity index (χ1) is 7.70. The average Bonchev–Trinajstić information content (AvgIpc) is 2.13. The van der Waals surface area contributed by atoms with Crippen LogP contribution in [-0.2, 0) is 0 Å². The third kappa shape index (κ3) is 3.14. The second-order valence-electron chi connectivity index (χ2n) is 3.36. The van der Waals surface area contributed by atoms with E-state index in [1.54, 1.807) is 0 Å². The standard InChI is InChI=1S/C7H6F9IO/c8-4(6(11,12)13,1-3(17)2-18)5(9,10)7(14,15)16/h3,18H,1-2H2/t3-,4+/m1/s1. The molecule has 110 valence electrons. The maximum atomic E-state index is 13.3. The van der Waals surface area contributed by atoms with Crippen molar-refractivity contribution < 1.29 is 44.6 Å². The van der Waals surface area contributed by atoms with Gasteiger partial charge in [-0.15, -0.1) is 0 Å². The van der Waals surface area contributed by atoms with Gasteiger partial charge in [-0.3, -0.25) is 0 Å². The van der Waals surface area contributed by atoms with Crippen LogP contribution in [0.5, 0.6) is 0 Å². The summed E-state index contributed by atoms with van der Waals surface area (Å²) in [5.41, 5.74) is -5.78. The molecule has 0 saturated carbocycles. The van der Waals surface area contributed by atoms with Crippen LogP contribution < -0.4 is 0 Å². The van der Waals surface area contributed by atoms with E-state index in [-0.39, 0.29) is 0 Å². The van der Waals surface area contributed by atoms with Crippen LogP contribution in [0.25, 0.3) is 0 Å². The Morgan fingerprint density at radius 1 is 0.833 bits per heavy atom. The molecule has 0 rings (SSSR count). The normalized spacial score (nSPS) is 19.5. The number of hydrogen-bond acceptors (Lipinski definition) is 1. The van der Waals surface area contributed by atoms with Crippen LogP contribution in [0.15, 0.2) is 0 Å². The van der Waals surface area contributed by atoms with Crippen LogP contribution >= 0.6 is 22.6 Å². The lowest BCUT2D eigenvalue weighted by Crippen LogP contribution is -2.63. The average molecular weight is 404 g/mol. The molecular formula is C7H6F9IO. The van der Waals surface area contributed by atoms with E-state index in [4.69, 9.17) is 5.11 Å². The van der Waals surface area contributed by atoms with Crippen molar-refractivity contribution >= 4 is 22.6 Å². The fourth-order valence-electron chi connectivity index (χ4n) is 1.02. The Hall–Kier alpha value is 0.0600. The van der Waals surface area contributed by atoms with Gasteiger partial charge in [0.1, 0.15) is 0 Å². The van der Waals surface area contributed by atoms with Gasteiger partial charge in [-0.05, 0) is 0 Å². The van der Waals surface area contributed by atoms with E-state index in [0.717, 1.165) is 22.6 Å². The molecule has 0 aliphatic heterocycles. The zero-order valence-electron chi connectivity index (χ0n) is 8.22. The van der Waals surface area contributed by atoms with Crippen molar-refractivity contribution in [3.05, 3.63) is 0 Å². The molecule has 0 fully saturated rings. The van der Waals surface area contributed by atoms with Gasteiger partial charge in [-0.2, -0.15) is 35.1 Å². The molecule has 0 spiro atoms. The van der Waals surface area contributed by atoms with Crippen molar-refractivity contribution in [1.29, 1.82) is 0 Å². The predicted octanol–water partition coefficient (Wildman–Crippen LogP) is 3.64. The van der Waals surface area contributed by atoms with Gasteiger partial charge >= 0.3 is 18.3 Å². The SMILES string of the molecule is OC[C@H](I)C[C@@](F)(C(F)(F)F)C(F)(F)C(F)(F)F. The second-order valence-corrected chi connectivity index (χ2v) is 5.12. The minimum Gasteiger partial charge on any atom is -0.395 e. The number of hydrogen-bond donors (Lipinski definition) is 1. The van der Waals surface area contributed by atoms with Crippen molar-refractivity contribution in [2.24, 2.45) is 0 Å². The van der Waals surface area contributed by atoms with Crippen molar-refractivity contribution in [2.45, 2.75) is 34.3 Å². The molecule has 0 aromatic heterocycles. The molecule has 1 N–H and O–H groups in total. The molecule has 0 aromatic carbocycles. The maximum absolute atomic E-state index is 13.3. The van der Waals surface area contributed by atoms with Crippen LogP contribution in [0.1, 0.15) is 6.42 Å². The Kier molecular flexibility index (Phi) is 5.23. The van der Waals surface area contributed by atoms with E-state index in [9.17, 15) is 39.5 Å². The van der Waals surface area contributed by atoms with Gasteiger partial charge in [0.25, 0.3) is 5.67 Å². The minimum atomic E-state index is -6.69. The lowest BCUT2D eigenvalue weighted by molar-refractivity contribution is -0.384. The van der Waals surface area contributed by atoms with E-state index < -0.39 is 40.9 Å². The smallest absolute Gasteiger partial charge is 0.395 e. The Labute approximate surface area is 108 Å². The number of halogens is 10. The summed E-state index contributed by atoms with van der Waals surface area (Å²) >= 11 is 0.948. The summed E-state index contributed by atoms with van der Waals surface area (Å²) in [7, 11) is 0. The van der Waals surface area contributed by atoms with Gasteiger partial charge in [0.2, 0.25) is 0 Å².